The molecule has 1 aliphatic carbocycles. The maximum Gasteiger partial charge on any atom is 0.0808 e. The maximum atomic E-state index is 5.37. The summed E-state index contributed by atoms with van der Waals surface area (Å²) in [6.45, 7) is 2.29. The van der Waals surface area contributed by atoms with E-state index < -0.39 is 0 Å². The first-order chi connectivity index (χ1) is 5.45. The van der Waals surface area contributed by atoms with Crippen LogP contribution in [0.25, 0.3) is 0 Å². The van der Waals surface area contributed by atoms with Gasteiger partial charge in [-0.15, -0.1) is 5.59 Å². The van der Waals surface area contributed by atoms with Gasteiger partial charge in [0.05, 0.1) is 6.10 Å². The highest BCUT2D eigenvalue weighted by atomic mass is 16.7. The zero-order valence-electron chi connectivity index (χ0n) is 6.88. The molecule has 2 aliphatic rings. The van der Waals surface area contributed by atoms with Crippen LogP contribution in [0, 0.1) is 0 Å². The Bertz CT molecular complexity index is 119. The normalized spacial score (nSPS) is 27.3. The Labute approximate surface area is 67.6 Å². The molecule has 1 saturated carbocycles. The molecule has 2 rings (SSSR count). The molecule has 0 spiro atoms. The molecule has 1 saturated heterocycles. The molecule has 1 aliphatic heterocycles. The highest BCUT2D eigenvalue weighted by molar-refractivity contribution is 4.72. The van der Waals surface area contributed by atoms with E-state index in [4.69, 9.17) is 4.84 Å². The largest absolute Gasteiger partial charge is 0.284 e. The summed E-state index contributed by atoms with van der Waals surface area (Å²) in [6.07, 6.45) is 6.97. The average molecular weight is 156 g/mol. The second-order valence-corrected chi connectivity index (χ2v) is 3.46. The molecular formula is C8H16N2O. The van der Waals surface area contributed by atoms with Crippen molar-refractivity contribution < 1.29 is 4.84 Å². The number of piperidine rings is 1. The fourth-order valence-corrected chi connectivity index (χ4v) is 1.32. The van der Waals surface area contributed by atoms with Gasteiger partial charge >= 0.3 is 0 Å². The molecule has 1 N–H and O–H groups in total. The third kappa shape index (κ3) is 2.43. The standard InChI is InChI=1S/C8H16N2O/c1-2-6-10(7-3-1)9-11-8-4-5-8/h8-9H,1-7H2. The van der Waals surface area contributed by atoms with Crippen LogP contribution >= 0.6 is 0 Å². The summed E-state index contributed by atoms with van der Waals surface area (Å²) in [5, 5.41) is 2.18. The summed E-state index contributed by atoms with van der Waals surface area (Å²) in [5.74, 6) is 0. The van der Waals surface area contributed by atoms with Gasteiger partial charge in [-0.05, 0) is 25.7 Å². The van der Waals surface area contributed by atoms with E-state index in [0.717, 1.165) is 13.1 Å². The number of nitrogens with zero attached hydrogens (tertiary/aromatic N) is 1. The van der Waals surface area contributed by atoms with Crippen molar-refractivity contribution in [3.05, 3.63) is 0 Å². The van der Waals surface area contributed by atoms with Crippen LogP contribution < -0.4 is 5.59 Å². The molecule has 0 amide bonds. The van der Waals surface area contributed by atoms with Gasteiger partial charge in [0, 0.05) is 13.1 Å². The summed E-state index contributed by atoms with van der Waals surface area (Å²) < 4.78 is 0. The quantitative estimate of drug-likeness (QED) is 0.619. The third-order valence-corrected chi connectivity index (χ3v) is 2.23. The van der Waals surface area contributed by atoms with Gasteiger partial charge in [-0.1, -0.05) is 6.42 Å². The second-order valence-electron chi connectivity index (χ2n) is 3.46. The van der Waals surface area contributed by atoms with E-state index in [1.54, 1.807) is 0 Å². The lowest BCUT2D eigenvalue weighted by Crippen LogP contribution is -2.41. The summed E-state index contributed by atoms with van der Waals surface area (Å²) >= 11 is 0. The monoisotopic (exact) mass is 156 g/mol. The van der Waals surface area contributed by atoms with Crippen LogP contribution in [0.15, 0.2) is 0 Å². The van der Waals surface area contributed by atoms with E-state index in [1.807, 2.05) is 0 Å². The second kappa shape index (κ2) is 3.52. The van der Waals surface area contributed by atoms with Crippen molar-refractivity contribution in [2.75, 3.05) is 13.1 Å². The summed E-state index contributed by atoms with van der Waals surface area (Å²) in [6, 6.07) is 0. The van der Waals surface area contributed by atoms with Crippen LogP contribution in [-0.4, -0.2) is 24.2 Å². The SMILES string of the molecule is C1CCN(NOC2CC2)CC1. The molecule has 3 heteroatoms. The Morgan fingerprint density at radius 3 is 2.45 bits per heavy atom. The maximum absolute atomic E-state index is 5.37. The van der Waals surface area contributed by atoms with Gasteiger partial charge in [0.2, 0.25) is 0 Å². The van der Waals surface area contributed by atoms with Crippen LogP contribution in [0.2, 0.25) is 0 Å². The zero-order chi connectivity index (χ0) is 7.52. The molecule has 0 radical (unpaired) electrons. The number of hydrazine groups is 1. The van der Waals surface area contributed by atoms with Crippen molar-refractivity contribution in [1.29, 1.82) is 0 Å². The van der Waals surface area contributed by atoms with Gasteiger partial charge in [0.25, 0.3) is 0 Å². The molecule has 0 aromatic carbocycles. The van der Waals surface area contributed by atoms with E-state index in [1.165, 1.54) is 32.1 Å². The topological polar surface area (TPSA) is 24.5 Å². The van der Waals surface area contributed by atoms with Crippen LogP contribution in [0.4, 0.5) is 0 Å². The molecule has 0 unspecified atom stereocenters. The van der Waals surface area contributed by atoms with Crippen LogP contribution in [0.3, 0.4) is 0 Å². The minimum atomic E-state index is 0.511. The van der Waals surface area contributed by atoms with E-state index in [9.17, 15) is 0 Å². The lowest BCUT2D eigenvalue weighted by atomic mass is 10.2. The van der Waals surface area contributed by atoms with Gasteiger partial charge in [-0.3, -0.25) is 4.84 Å². The molecule has 3 nitrogen and oxygen atoms in total. The van der Waals surface area contributed by atoms with Crippen molar-refractivity contribution in [3.63, 3.8) is 0 Å². The molecule has 11 heavy (non-hydrogen) atoms. The summed E-state index contributed by atoms with van der Waals surface area (Å²) in [7, 11) is 0. The summed E-state index contributed by atoms with van der Waals surface area (Å²) in [5.41, 5.74) is 3.02. The molecular weight excluding hydrogens is 140 g/mol. The average Bonchev–Trinajstić information content (AvgIpc) is 2.86. The molecule has 0 aromatic heterocycles. The number of hydrogen-bond acceptors (Lipinski definition) is 3. The lowest BCUT2D eigenvalue weighted by Gasteiger charge is -2.26. The first-order valence-corrected chi connectivity index (χ1v) is 4.61. The molecule has 1 heterocycles. The van der Waals surface area contributed by atoms with Gasteiger partial charge in [-0.25, -0.2) is 5.01 Å². The minimum Gasteiger partial charge on any atom is -0.284 e. The number of nitrogens with one attached hydrogen (secondary N) is 1. The van der Waals surface area contributed by atoms with Crippen molar-refractivity contribution in [1.82, 2.24) is 10.6 Å². The highest BCUT2D eigenvalue weighted by Crippen LogP contribution is 2.22. The number of hydrogen-bond donors (Lipinski definition) is 1. The zero-order valence-corrected chi connectivity index (χ0v) is 6.88. The Balaban J connectivity index is 1.59. The van der Waals surface area contributed by atoms with Gasteiger partial charge < -0.3 is 0 Å². The van der Waals surface area contributed by atoms with Crippen molar-refractivity contribution in [2.24, 2.45) is 0 Å². The van der Waals surface area contributed by atoms with Crippen molar-refractivity contribution >= 4 is 0 Å². The first-order valence-electron chi connectivity index (χ1n) is 4.61. The van der Waals surface area contributed by atoms with E-state index in [-0.39, 0.29) is 0 Å². The Hall–Kier alpha value is -0.120. The molecule has 2 fully saturated rings. The Morgan fingerprint density at radius 1 is 1.09 bits per heavy atom. The van der Waals surface area contributed by atoms with Crippen LogP contribution in [0.5, 0.6) is 0 Å². The molecule has 0 atom stereocenters. The Morgan fingerprint density at radius 2 is 1.82 bits per heavy atom. The molecule has 0 bridgehead atoms. The van der Waals surface area contributed by atoms with Gasteiger partial charge in [-0.2, -0.15) is 0 Å². The molecule has 64 valence electrons. The third-order valence-electron chi connectivity index (χ3n) is 2.23. The smallest absolute Gasteiger partial charge is 0.0808 e. The highest BCUT2D eigenvalue weighted by Gasteiger charge is 2.23. The van der Waals surface area contributed by atoms with Crippen molar-refractivity contribution in [3.8, 4) is 0 Å². The van der Waals surface area contributed by atoms with Crippen LogP contribution in [-0.2, 0) is 4.84 Å². The lowest BCUT2D eigenvalue weighted by molar-refractivity contribution is -0.0992. The van der Waals surface area contributed by atoms with E-state index in [2.05, 4.69) is 10.6 Å². The van der Waals surface area contributed by atoms with E-state index >= 15 is 0 Å². The fourth-order valence-electron chi connectivity index (χ4n) is 1.32. The predicted octanol–water partition coefficient (Wildman–Crippen LogP) is 1.07. The molecule has 0 aromatic rings. The van der Waals surface area contributed by atoms with Crippen molar-refractivity contribution in [2.45, 2.75) is 38.2 Å². The fraction of sp³-hybridized carbons (Fsp3) is 1.00. The first kappa shape index (κ1) is 7.53. The number of rotatable bonds is 3. The van der Waals surface area contributed by atoms with Gasteiger partial charge in [0.15, 0.2) is 0 Å². The van der Waals surface area contributed by atoms with E-state index in [0.29, 0.717) is 6.10 Å². The van der Waals surface area contributed by atoms with Gasteiger partial charge in [0.1, 0.15) is 0 Å². The summed E-state index contributed by atoms with van der Waals surface area (Å²) in [4.78, 5) is 5.37. The predicted molar refractivity (Wildman–Crippen MR) is 42.7 cm³/mol. The minimum absolute atomic E-state index is 0.511. The van der Waals surface area contributed by atoms with Crippen LogP contribution in [0.1, 0.15) is 32.1 Å². The Kier molecular flexibility index (Phi) is 2.41.